The Balaban J connectivity index is 1.39. The molecule has 1 N–H and O–H groups in total. The fraction of sp³-hybridized carbons (Fsp3) is 0.611. The van der Waals surface area contributed by atoms with Crippen LogP contribution in [0.4, 0.5) is 4.79 Å². The van der Waals surface area contributed by atoms with Gasteiger partial charge in [0.25, 0.3) is 0 Å². The van der Waals surface area contributed by atoms with Gasteiger partial charge in [0.2, 0.25) is 0 Å². The Morgan fingerprint density at radius 2 is 1.79 bits per heavy atom. The minimum Gasteiger partial charge on any atom is -0.497 e. The van der Waals surface area contributed by atoms with Crippen molar-refractivity contribution in [2.24, 2.45) is 0 Å². The van der Waals surface area contributed by atoms with Gasteiger partial charge < -0.3 is 24.4 Å². The highest BCUT2D eigenvalue weighted by molar-refractivity contribution is 5.78. The second-order valence-corrected chi connectivity index (χ2v) is 7.02. The number of nitrogens with one attached hydrogen (secondary N) is 1. The minimum atomic E-state index is -0.390. The van der Waals surface area contributed by atoms with Crippen molar-refractivity contribution in [3.05, 3.63) is 29.8 Å². The van der Waals surface area contributed by atoms with Crippen LogP contribution in [0.2, 0.25) is 0 Å². The van der Waals surface area contributed by atoms with Crippen molar-refractivity contribution < 1.29 is 19.0 Å². The Hall–Kier alpha value is -1.79. The standard InChI is InChI=1S/C18H24N2O4/c1-22-15-4-2-14(3-5-15)12-20-13-17(19-16(20)21)6-8-18(9-7-17)23-10-11-24-18/h2-5H,6-13H2,1H3,(H,19,21). The average Bonchev–Trinajstić information content (AvgIpc) is 3.18. The third-order valence-corrected chi connectivity index (χ3v) is 5.47. The Morgan fingerprint density at radius 1 is 1.12 bits per heavy atom. The van der Waals surface area contributed by atoms with E-state index in [4.69, 9.17) is 14.2 Å². The maximum absolute atomic E-state index is 12.4. The molecule has 0 atom stereocenters. The number of ether oxygens (including phenoxy) is 3. The number of hydrogen-bond donors (Lipinski definition) is 1. The van der Waals surface area contributed by atoms with Crippen LogP contribution >= 0.6 is 0 Å². The summed E-state index contributed by atoms with van der Waals surface area (Å²) in [6.45, 7) is 2.73. The second-order valence-electron chi connectivity index (χ2n) is 7.02. The molecule has 24 heavy (non-hydrogen) atoms. The topological polar surface area (TPSA) is 60.0 Å². The van der Waals surface area contributed by atoms with E-state index in [0.717, 1.165) is 43.5 Å². The molecule has 2 saturated heterocycles. The van der Waals surface area contributed by atoms with E-state index in [2.05, 4.69) is 5.32 Å². The summed E-state index contributed by atoms with van der Waals surface area (Å²) in [5.41, 5.74) is 0.974. The van der Waals surface area contributed by atoms with Gasteiger partial charge in [-0.05, 0) is 30.5 Å². The number of nitrogens with zero attached hydrogens (tertiary/aromatic N) is 1. The summed E-state index contributed by atoms with van der Waals surface area (Å²) in [5.74, 6) is 0.439. The Kier molecular flexibility index (Phi) is 3.89. The molecule has 2 heterocycles. The maximum Gasteiger partial charge on any atom is 0.318 e. The molecular weight excluding hydrogens is 308 g/mol. The average molecular weight is 332 g/mol. The summed E-state index contributed by atoms with van der Waals surface area (Å²) >= 11 is 0. The third-order valence-electron chi connectivity index (χ3n) is 5.47. The van der Waals surface area contributed by atoms with Crippen molar-refractivity contribution in [3.63, 3.8) is 0 Å². The van der Waals surface area contributed by atoms with Gasteiger partial charge in [-0.1, -0.05) is 12.1 Å². The molecule has 4 rings (SSSR count). The first kappa shape index (κ1) is 15.7. The van der Waals surface area contributed by atoms with Crippen LogP contribution in [-0.2, 0) is 16.0 Å². The lowest BCUT2D eigenvalue weighted by molar-refractivity contribution is -0.184. The van der Waals surface area contributed by atoms with Crippen LogP contribution in [0.25, 0.3) is 0 Å². The normalized spacial score (nSPS) is 24.5. The van der Waals surface area contributed by atoms with Gasteiger partial charge in [-0.25, -0.2) is 4.79 Å². The summed E-state index contributed by atoms with van der Waals surface area (Å²) in [6.07, 6.45) is 3.50. The van der Waals surface area contributed by atoms with Crippen LogP contribution in [0.5, 0.6) is 5.75 Å². The van der Waals surface area contributed by atoms with E-state index < -0.39 is 0 Å². The predicted molar refractivity (Wildman–Crippen MR) is 87.8 cm³/mol. The molecule has 2 amide bonds. The zero-order valence-corrected chi connectivity index (χ0v) is 14.0. The highest BCUT2D eigenvalue weighted by Gasteiger charge is 2.50. The first-order valence-electron chi connectivity index (χ1n) is 8.60. The van der Waals surface area contributed by atoms with Crippen LogP contribution in [-0.4, -0.2) is 49.1 Å². The van der Waals surface area contributed by atoms with Gasteiger partial charge in [0.15, 0.2) is 5.79 Å². The highest BCUT2D eigenvalue weighted by atomic mass is 16.7. The van der Waals surface area contributed by atoms with Crippen LogP contribution in [0.3, 0.4) is 0 Å². The molecular formula is C18H24N2O4. The molecule has 2 aliphatic heterocycles. The zero-order chi connectivity index (χ0) is 16.6. The number of urea groups is 1. The van der Waals surface area contributed by atoms with Gasteiger partial charge in [-0.3, -0.25) is 0 Å². The summed E-state index contributed by atoms with van der Waals surface area (Å²) in [5, 5.41) is 3.22. The lowest BCUT2D eigenvalue weighted by Gasteiger charge is -2.41. The van der Waals surface area contributed by atoms with Crippen molar-refractivity contribution in [2.75, 3.05) is 26.9 Å². The molecule has 0 unspecified atom stereocenters. The first-order valence-corrected chi connectivity index (χ1v) is 8.60. The second kappa shape index (κ2) is 5.93. The Morgan fingerprint density at radius 3 is 2.42 bits per heavy atom. The van der Waals surface area contributed by atoms with Gasteiger partial charge >= 0.3 is 6.03 Å². The van der Waals surface area contributed by atoms with Gasteiger partial charge in [0, 0.05) is 25.9 Å². The summed E-state index contributed by atoms with van der Waals surface area (Å²) in [7, 11) is 1.65. The van der Waals surface area contributed by atoms with E-state index in [1.54, 1.807) is 7.11 Å². The van der Waals surface area contributed by atoms with Crippen molar-refractivity contribution in [2.45, 2.75) is 43.6 Å². The molecule has 1 aromatic rings. The van der Waals surface area contributed by atoms with Crippen LogP contribution in [0.15, 0.2) is 24.3 Å². The monoisotopic (exact) mass is 332 g/mol. The number of rotatable bonds is 3. The molecule has 1 aliphatic carbocycles. The predicted octanol–water partition coefficient (Wildman–Crippen LogP) is 2.28. The number of carbonyl (C=O) groups excluding carboxylic acids is 1. The molecule has 2 spiro atoms. The lowest BCUT2D eigenvalue weighted by atomic mass is 9.79. The molecule has 6 nitrogen and oxygen atoms in total. The largest absolute Gasteiger partial charge is 0.497 e. The number of hydrogen-bond acceptors (Lipinski definition) is 4. The highest BCUT2D eigenvalue weighted by Crippen LogP contribution is 2.42. The summed E-state index contributed by atoms with van der Waals surface area (Å²) in [6, 6.07) is 7.89. The minimum absolute atomic E-state index is 0.0232. The fourth-order valence-electron chi connectivity index (χ4n) is 4.04. The lowest BCUT2D eigenvalue weighted by Crippen LogP contribution is -2.51. The molecule has 1 aromatic carbocycles. The molecule has 6 heteroatoms. The van der Waals surface area contributed by atoms with Crippen molar-refractivity contribution in [1.82, 2.24) is 10.2 Å². The van der Waals surface area contributed by atoms with E-state index >= 15 is 0 Å². The van der Waals surface area contributed by atoms with E-state index in [1.807, 2.05) is 29.2 Å². The van der Waals surface area contributed by atoms with Crippen LogP contribution in [0.1, 0.15) is 31.2 Å². The molecule has 0 bridgehead atoms. The first-order chi connectivity index (χ1) is 11.6. The van der Waals surface area contributed by atoms with E-state index in [9.17, 15) is 4.79 Å². The van der Waals surface area contributed by atoms with Crippen molar-refractivity contribution in [3.8, 4) is 5.75 Å². The van der Waals surface area contributed by atoms with E-state index in [1.165, 1.54) is 0 Å². The van der Waals surface area contributed by atoms with Gasteiger partial charge in [0.1, 0.15) is 5.75 Å². The number of amides is 2. The molecule has 3 fully saturated rings. The number of benzene rings is 1. The quantitative estimate of drug-likeness (QED) is 0.922. The fourth-order valence-corrected chi connectivity index (χ4v) is 4.04. The van der Waals surface area contributed by atoms with Crippen LogP contribution < -0.4 is 10.1 Å². The van der Waals surface area contributed by atoms with Crippen molar-refractivity contribution >= 4 is 6.03 Å². The number of carbonyl (C=O) groups is 1. The smallest absolute Gasteiger partial charge is 0.318 e. The molecule has 0 aromatic heterocycles. The summed E-state index contributed by atoms with van der Waals surface area (Å²) < 4.78 is 16.8. The van der Waals surface area contributed by atoms with E-state index in [-0.39, 0.29) is 17.4 Å². The van der Waals surface area contributed by atoms with Gasteiger partial charge in [-0.15, -0.1) is 0 Å². The molecule has 0 radical (unpaired) electrons. The Bertz CT molecular complexity index is 600. The maximum atomic E-state index is 12.4. The molecule has 1 saturated carbocycles. The Labute approximate surface area is 142 Å². The SMILES string of the molecule is COc1ccc(CN2CC3(CCC4(CC3)OCCO4)NC2=O)cc1. The van der Waals surface area contributed by atoms with Crippen LogP contribution in [0, 0.1) is 0 Å². The van der Waals surface area contributed by atoms with Gasteiger partial charge in [0.05, 0.1) is 25.9 Å². The van der Waals surface area contributed by atoms with E-state index in [0.29, 0.717) is 19.8 Å². The number of methoxy groups -OCH3 is 1. The summed E-state index contributed by atoms with van der Waals surface area (Å²) in [4.78, 5) is 14.3. The third kappa shape index (κ3) is 2.84. The molecule has 130 valence electrons. The van der Waals surface area contributed by atoms with Gasteiger partial charge in [-0.2, -0.15) is 0 Å². The molecule has 3 aliphatic rings. The zero-order valence-electron chi connectivity index (χ0n) is 14.0. The van der Waals surface area contributed by atoms with Crippen molar-refractivity contribution in [1.29, 1.82) is 0 Å².